The van der Waals surface area contributed by atoms with Gasteiger partial charge < -0.3 is 15.5 Å². The van der Waals surface area contributed by atoms with E-state index in [4.69, 9.17) is 5.73 Å². The number of nitrogens with two attached hydrogens (primary N) is 1. The minimum absolute atomic E-state index is 0.118. The average Bonchev–Trinajstić information content (AvgIpc) is 3.11. The number of carbonyl (C=O) groups excluding carboxylic acids is 2. The van der Waals surface area contributed by atoms with E-state index in [1.54, 1.807) is 29.7 Å². The maximum atomic E-state index is 13.3. The number of piperazine rings is 1. The number of aryl methyl sites for hydroxylation is 1. The van der Waals surface area contributed by atoms with Gasteiger partial charge in [0.25, 0.3) is 0 Å². The van der Waals surface area contributed by atoms with Crippen LogP contribution in [0.4, 0.5) is 13.2 Å². The second kappa shape index (κ2) is 7.95. The Hall–Kier alpha value is -2.64. The smallest absolute Gasteiger partial charge is 0.330 e. The molecule has 1 aromatic carbocycles. The maximum Gasteiger partial charge on any atom is 0.416 e. The summed E-state index contributed by atoms with van der Waals surface area (Å²) >= 11 is 0. The number of piperidine rings is 1. The van der Waals surface area contributed by atoms with Crippen LogP contribution in [-0.4, -0.2) is 69.8 Å². The number of benzene rings is 1. The fraction of sp³-hybridized carbons (Fsp3) is 0.625. The number of fused-ring (bicyclic) bond motifs is 3. The van der Waals surface area contributed by atoms with Gasteiger partial charge >= 0.3 is 6.18 Å². The predicted molar refractivity (Wildman–Crippen MR) is 116 cm³/mol. The van der Waals surface area contributed by atoms with Gasteiger partial charge in [-0.25, -0.2) is 0 Å². The Bertz CT molecular complexity index is 1070. The highest BCUT2D eigenvalue weighted by Crippen LogP contribution is 2.48. The van der Waals surface area contributed by atoms with Crippen molar-refractivity contribution < 1.29 is 22.8 Å². The van der Waals surface area contributed by atoms with Gasteiger partial charge in [0.1, 0.15) is 6.04 Å². The average molecular weight is 476 g/mol. The highest BCUT2D eigenvalue weighted by molar-refractivity contribution is 5.87. The lowest BCUT2D eigenvalue weighted by molar-refractivity contribution is -0.141. The first kappa shape index (κ1) is 23.1. The standard InChI is InChI=1S/C24H28F3N5O2/c1-12-3-14(5-16(4-12)24(25,26)27)13(2)31-18-8-21(23(31)34)30(10-18)11-19(29)22(33)32-17(9-28)6-15-7-20(15)32/h3-5,13,15,17-21H,6-8,10-11,29H2,1-2H3/t13-,15?,17+,18?,19+,20+,21-/m1/s1. The van der Waals surface area contributed by atoms with E-state index in [-0.39, 0.29) is 30.4 Å². The maximum absolute atomic E-state index is 13.3. The number of likely N-dealkylation sites (tertiary alicyclic amines) is 3. The van der Waals surface area contributed by atoms with Gasteiger partial charge in [0.2, 0.25) is 11.8 Å². The van der Waals surface area contributed by atoms with Crippen LogP contribution in [0.3, 0.4) is 0 Å². The van der Waals surface area contributed by atoms with Gasteiger partial charge in [-0.05, 0) is 56.7 Å². The zero-order valence-corrected chi connectivity index (χ0v) is 19.1. The van der Waals surface area contributed by atoms with Crippen LogP contribution in [0, 0.1) is 24.2 Å². The second-order valence-corrected chi connectivity index (χ2v) is 10.2. The highest BCUT2D eigenvalue weighted by Gasteiger charge is 2.56. The monoisotopic (exact) mass is 475 g/mol. The lowest BCUT2D eigenvalue weighted by Crippen LogP contribution is -2.57. The molecule has 3 saturated heterocycles. The van der Waals surface area contributed by atoms with Crippen LogP contribution in [-0.2, 0) is 15.8 Å². The SMILES string of the molecule is Cc1cc([C@@H](C)N2C(=O)[C@H]3CC2CN3C[C@H](N)C(=O)N2[C@H](C#N)CC3C[C@@H]32)cc(C(F)(F)F)c1. The van der Waals surface area contributed by atoms with Gasteiger partial charge in [-0.15, -0.1) is 0 Å². The second-order valence-electron chi connectivity index (χ2n) is 10.2. The predicted octanol–water partition coefficient (Wildman–Crippen LogP) is 2.20. The van der Waals surface area contributed by atoms with Crippen LogP contribution >= 0.6 is 0 Å². The van der Waals surface area contributed by atoms with Crippen molar-refractivity contribution in [3.05, 3.63) is 34.9 Å². The number of hydrogen-bond donors (Lipinski definition) is 1. The van der Waals surface area contributed by atoms with E-state index in [2.05, 4.69) is 6.07 Å². The lowest BCUT2D eigenvalue weighted by Gasteiger charge is -2.39. The van der Waals surface area contributed by atoms with E-state index in [0.717, 1.165) is 18.6 Å². The molecule has 2 amide bonds. The van der Waals surface area contributed by atoms with Gasteiger partial charge in [0.05, 0.1) is 29.8 Å². The summed E-state index contributed by atoms with van der Waals surface area (Å²) in [5.74, 6) is 0.0212. The van der Waals surface area contributed by atoms with Gasteiger partial charge in [-0.3, -0.25) is 14.5 Å². The third-order valence-electron chi connectivity index (χ3n) is 7.90. The molecule has 1 aromatic rings. The molecule has 4 fully saturated rings. The Morgan fingerprint density at radius 3 is 2.65 bits per heavy atom. The van der Waals surface area contributed by atoms with E-state index in [1.807, 2.05) is 4.90 Å². The molecule has 10 heteroatoms. The molecule has 4 aliphatic rings. The van der Waals surface area contributed by atoms with Crippen molar-refractivity contribution in [1.82, 2.24) is 14.7 Å². The molecular formula is C24H28F3N5O2. The van der Waals surface area contributed by atoms with Gasteiger partial charge in [0.15, 0.2) is 0 Å². The van der Waals surface area contributed by atoms with Crippen molar-refractivity contribution in [3.8, 4) is 6.07 Å². The zero-order valence-electron chi connectivity index (χ0n) is 19.1. The van der Waals surface area contributed by atoms with Crippen molar-refractivity contribution in [2.75, 3.05) is 13.1 Å². The first-order valence-electron chi connectivity index (χ1n) is 11.7. The van der Waals surface area contributed by atoms with Gasteiger partial charge in [-0.2, -0.15) is 18.4 Å². The minimum atomic E-state index is -4.45. The van der Waals surface area contributed by atoms with Crippen molar-refractivity contribution in [1.29, 1.82) is 5.26 Å². The summed E-state index contributed by atoms with van der Waals surface area (Å²) in [4.78, 5) is 31.4. The minimum Gasteiger partial charge on any atom is -0.330 e. The number of nitriles is 1. The number of amides is 2. The zero-order chi connectivity index (χ0) is 24.5. The van der Waals surface area contributed by atoms with Crippen molar-refractivity contribution in [2.45, 2.75) is 75.5 Å². The van der Waals surface area contributed by atoms with Crippen LogP contribution in [0.5, 0.6) is 0 Å². The summed E-state index contributed by atoms with van der Waals surface area (Å²) in [5.41, 5.74) is 6.48. The number of halogens is 3. The fourth-order valence-electron chi connectivity index (χ4n) is 6.19. The summed E-state index contributed by atoms with van der Waals surface area (Å²) in [6.45, 7) is 4.12. The summed E-state index contributed by atoms with van der Waals surface area (Å²) in [6, 6.07) is 3.92. The molecule has 5 rings (SSSR count). The van der Waals surface area contributed by atoms with Gasteiger partial charge in [0, 0.05) is 25.2 Å². The molecule has 7 atom stereocenters. The Morgan fingerprint density at radius 1 is 1.26 bits per heavy atom. The van der Waals surface area contributed by atoms with E-state index >= 15 is 0 Å². The highest BCUT2D eigenvalue weighted by atomic mass is 19.4. The quantitative estimate of drug-likeness (QED) is 0.705. The summed E-state index contributed by atoms with van der Waals surface area (Å²) in [5, 5.41) is 9.36. The summed E-state index contributed by atoms with van der Waals surface area (Å²) in [6.07, 6.45) is -2.26. The van der Waals surface area contributed by atoms with E-state index in [0.29, 0.717) is 36.4 Å². The van der Waals surface area contributed by atoms with Crippen molar-refractivity contribution in [3.63, 3.8) is 0 Å². The van der Waals surface area contributed by atoms with Crippen LogP contribution in [0.1, 0.15) is 48.9 Å². The van der Waals surface area contributed by atoms with E-state index in [9.17, 15) is 28.0 Å². The number of carbonyl (C=O) groups is 2. The molecule has 2 unspecified atom stereocenters. The molecule has 2 N–H and O–H groups in total. The summed E-state index contributed by atoms with van der Waals surface area (Å²) < 4.78 is 39.9. The molecular weight excluding hydrogens is 447 g/mol. The number of rotatable bonds is 5. The Morgan fingerprint density at radius 2 is 2.00 bits per heavy atom. The third kappa shape index (κ3) is 3.75. The molecule has 2 bridgehead atoms. The Balaban J connectivity index is 1.26. The molecule has 0 aromatic heterocycles. The molecule has 1 aliphatic carbocycles. The molecule has 182 valence electrons. The first-order chi connectivity index (χ1) is 16.0. The topological polar surface area (TPSA) is 93.7 Å². The molecule has 34 heavy (non-hydrogen) atoms. The normalized spacial score (nSPS) is 32.0. The van der Waals surface area contributed by atoms with Crippen molar-refractivity contribution >= 4 is 11.8 Å². The number of alkyl halides is 3. The fourth-order valence-corrected chi connectivity index (χ4v) is 6.19. The number of nitrogens with zero attached hydrogens (tertiary/aromatic N) is 4. The van der Waals surface area contributed by atoms with Crippen LogP contribution < -0.4 is 5.73 Å². The molecule has 3 aliphatic heterocycles. The third-order valence-corrected chi connectivity index (χ3v) is 7.90. The molecule has 3 heterocycles. The van der Waals surface area contributed by atoms with Crippen molar-refractivity contribution in [2.24, 2.45) is 11.7 Å². The summed E-state index contributed by atoms with van der Waals surface area (Å²) in [7, 11) is 0. The number of hydrogen-bond acceptors (Lipinski definition) is 5. The molecule has 0 radical (unpaired) electrons. The van der Waals surface area contributed by atoms with Crippen LogP contribution in [0.2, 0.25) is 0 Å². The Kier molecular flexibility index (Phi) is 5.41. The van der Waals surface area contributed by atoms with Crippen LogP contribution in [0.25, 0.3) is 0 Å². The lowest BCUT2D eigenvalue weighted by atomic mass is 9.99. The first-order valence-corrected chi connectivity index (χ1v) is 11.7. The van der Waals surface area contributed by atoms with E-state index < -0.39 is 35.9 Å². The molecule has 0 spiro atoms. The largest absolute Gasteiger partial charge is 0.416 e. The molecule has 7 nitrogen and oxygen atoms in total. The van der Waals surface area contributed by atoms with Crippen LogP contribution in [0.15, 0.2) is 18.2 Å². The molecule has 1 saturated carbocycles. The Labute approximate surface area is 196 Å². The van der Waals surface area contributed by atoms with Gasteiger partial charge in [-0.1, -0.05) is 11.6 Å². The van der Waals surface area contributed by atoms with E-state index in [1.165, 1.54) is 0 Å².